The Bertz CT molecular complexity index is 1380. The molecule has 0 unspecified atom stereocenters. The molecule has 0 saturated carbocycles. The van der Waals surface area contributed by atoms with Crippen LogP contribution in [0.15, 0.2) is 65.5 Å². The Morgan fingerprint density at radius 2 is 1.70 bits per heavy atom. The maximum atomic E-state index is 14.3. The maximum Gasteiger partial charge on any atom is 0.272 e. The van der Waals surface area contributed by atoms with E-state index < -0.39 is 11.4 Å². The number of nitrogens with zero attached hydrogens (tertiary/aromatic N) is 2. The highest BCUT2D eigenvalue weighted by atomic mass is 19.1. The van der Waals surface area contributed by atoms with E-state index in [9.17, 15) is 13.6 Å². The molecule has 0 saturated heterocycles. The third-order valence-electron chi connectivity index (χ3n) is 6.38. The Hall–Kier alpha value is -3.58. The fourth-order valence-electron chi connectivity index (χ4n) is 4.59. The molecule has 3 aromatic carbocycles. The van der Waals surface area contributed by atoms with Gasteiger partial charge in [-0.25, -0.2) is 13.9 Å². The van der Waals surface area contributed by atoms with E-state index in [0.717, 1.165) is 24.2 Å². The van der Waals surface area contributed by atoms with E-state index >= 15 is 0 Å². The second-order valence-electron chi connectivity index (χ2n) is 8.54. The summed E-state index contributed by atoms with van der Waals surface area (Å²) < 4.78 is 28.0. The summed E-state index contributed by atoms with van der Waals surface area (Å²) in [4.78, 5) is 14.6. The molecule has 0 amide bonds. The van der Waals surface area contributed by atoms with Crippen LogP contribution in [0.3, 0.4) is 0 Å². The number of hydrogen-bond acceptors (Lipinski definition) is 4. The zero-order valence-electron chi connectivity index (χ0n) is 18.4. The van der Waals surface area contributed by atoms with Crippen LogP contribution in [0.4, 0.5) is 14.5 Å². The van der Waals surface area contributed by atoms with Crippen LogP contribution in [0.2, 0.25) is 0 Å². The van der Waals surface area contributed by atoms with Crippen LogP contribution in [0, 0.1) is 11.6 Å². The van der Waals surface area contributed by atoms with Crippen LogP contribution >= 0.6 is 0 Å². The van der Waals surface area contributed by atoms with Crippen molar-refractivity contribution in [3.63, 3.8) is 0 Å². The molecule has 172 valence electrons. The number of halogens is 2. The predicted octanol–water partition coefficient (Wildman–Crippen LogP) is 5.44. The third kappa shape index (κ3) is 3.89. The van der Waals surface area contributed by atoms with Gasteiger partial charge in [-0.15, -0.1) is 0 Å². The Kier molecular flexibility index (Phi) is 5.42. The van der Waals surface area contributed by atoms with Crippen LogP contribution in [-0.2, 0) is 6.54 Å². The summed E-state index contributed by atoms with van der Waals surface area (Å²) in [6.07, 6.45) is 0. The molecule has 0 aliphatic carbocycles. The summed E-state index contributed by atoms with van der Waals surface area (Å²) in [5.41, 5.74) is 3.75. The topological polar surface area (TPSA) is 61.0 Å². The van der Waals surface area contributed by atoms with Gasteiger partial charge in [0.05, 0.1) is 23.0 Å². The molecule has 0 radical (unpaired) electrons. The van der Waals surface area contributed by atoms with E-state index in [4.69, 9.17) is 0 Å². The maximum absolute atomic E-state index is 14.3. The molecule has 2 heterocycles. The molecule has 4 aromatic rings. The van der Waals surface area contributed by atoms with Crippen molar-refractivity contribution in [2.24, 2.45) is 0 Å². The first-order chi connectivity index (χ1) is 15.9. The lowest BCUT2D eigenvalue weighted by molar-refractivity contribution is 0.346. The second kappa shape index (κ2) is 8.41. The standard InChI is InChI=1S/C26H24F2N4O.2H2/c1-3-32(2)14-15-4-6-16(7-5-15)22-24(17-8-10-18(27)11-9-17)29-21-13-19(28)12-20-23(21)25(22)30-31-26(20)33;;/h4-13,22,24,29H,3,14H2,1-2H3,(H,31,33);2*1H/t22-,24-;;/m0../s1. The van der Waals surface area contributed by atoms with E-state index in [0.29, 0.717) is 16.8 Å². The van der Waals surface area contributed by atoms with Gasteiger partial charge in [0.2, 0.25) is 0 Å². The van der Waals surface area contributed by atoms with Crippen LogP contribution in [0.1, 0.15) is 44.1 Å². The van der Waals surface area contributed by atoms with Gasteiger partial charge in [0.25, 0.3) is 5.56 Å². The van der Waals surface area contributed by atoms with E-state index in [1.165, 1.54) is 29.8 Å². The van der Waals surface area contributed by atoms with Gasteiger partial charge in [-0.1, -0.05) is 43.3 Å². The minimum absolute atomic E-state index is 0. The molecule has 5 nitrogen and oxygen atoms in total. The number of nitrogens with one attached hydrogen (secondary N) is 2. The lowest BCUT2D eigenvalue weighted by Gasteiger charge is -2.35. The molecule has 1 aliphatic rings. The molecule has 33 heavy (non-hydrogen) atoms. The summed E-state index contributed by atoms with van der Waals surface area (Å²) in [6.45, 7) is 3.90. The quantitative estimate of drug-likeness (QED) is 0.425. The molecule has 1 aliphatic heterocycles. The second-order valence-corrected chi connectivity index (χ2v) is 8.54. The van der Waals surface area contributed by atoms with Crippen molar-refractivity contribution >= 4 is 16.5 Å². The van der Waals surface area contributed by atoms with Crippen molar-refractivity contribution in [3.8, 4) is 0 Å². The van der Waals surface area contributed by atoms with Crippen LogP contribution < -0.4 is 10.9 Å². The number of benzene rings is 3. The first kappa shape index (κ1) is 21.3. The Morgan fingerprint density at radius 3 is 2.39 bits per heavy atom. The minimum atomic E-state index is -0.506. The van der Waals surface area contributed by atoms with Gasteiger partial charge in [0.1, 0.15) is 11.6 Å². The highest BCUT2D eigenvalue weighted by Crippen LogP contribution is 2.46. The average Bonchev–Trinajstić information content (AvgIpc) is 2.81. The molecule has 0 fully saturated rings. The number of rotatable bonds is 5. The molecule has 2 N–H and O–H groups in total. The van der Waals surface area contributed by atoms with E-state index in [-0.39, 0.29) is 26.0 Å². The van der Waals surface area contributed by atoms with Gasteiger partial charge in [-0.2, -0.15) is 5.10 Å². The van der Waals surface area contributed by atoms with E-state index in [1.807, 2.05) is 0 Å². The van der Waals surface area contributed by atoms with Gasteiger partial charge in [0, 0.05) is 20.5 Å². The van der Waals surface area contributed by atoms with Crippen LogP contribution in [0.5, 0.6) is 0 Å². The van der Waals surface area contributed by atoms with Crippen molar-refractivity contribution in [2.45, 2.75) is 25.4 Å². The molecule has 1 aromatic heterocycles. The monoisotopic (exact) mass is 450 g/mol. The summed E-state index contributed by atoms with van der Waals surface area (Å²) in [5, 5.41) is 11.2. The predicted molar refractivity (Wildman–Crippen MR) is 130 cm³/mol. The number of H-pyrrole nitrogens is 1. The number of aromatic nitrogens is 2. The smallest absolute Gasteiger partial charge is 0.272 e. The Balaban J connectivity index is 0.00000171. The molecule has 0 spiro atoms. The summed E-state index contributed by atoms with van der Waals surface area (Å²) in [6, 6.07) is 16.9. The Morgan fingerprint density at radius 1 is 1.00 bits per heavy atom. The molecule has 7 heteroatoms. The van der Waals surface area contributed by atoms with Gasteiger partial charge in [-0.3, -0.25) is 4.79 Å². The number of anilines is 1. The van der Waals surface area contributed by atoms with Crippen molar-refractivity contribution in [1.29, 1.82) is 0 Å². The van der Waals surface area contributed by atoms with Gasteiger partial charge < -0.3 is 10.2 Å². The Labute approximate surface area is 193 Å². The molecular weight excluding hydrogens is 422 g/mol. The lowest BCUT2D eigenvalue weighted by Crippen LogP contribution is -2.28. The highest BCUT2D eigenvalue weighted by molar-refractivity contribution is 5.97. The molecule has 5 rings (SSSR count). The van der Waals surface area contributed by atoms with Crippen LogP contribution in [-0.4, -0.2) is 28.7 Å². The summed E-state index contributed by atoms with van der Waals surface area (Å²) in [5.74, 6) is -1.11. The van der Waals surface area contributed by atoms with E-state index in [2.05, 4.69) is 58.7 Å². The third-order valence-corrected chi connectivity index (χ3v) is 6.38. The van der Waals surface area contributed by atoms with Gasteiger partial charge in [-0.05, 0) is 54.5 Å². The van der Waals surface area contributed by atoms with Gasteiger partial charge >= 0.3 is 0 Å². The zero-order valence-corrected chi connectivity index (χ0v) is 18.4. The lowest BCUT2D eigenvalue weighted by atomic mass is 9.80. The largest absolute Gasteiger partial charge is 0.377 e. The molecule has 2 atom stereocenters. The van der Waals surface area contributed by atoms with Crippen molar-refractivity contribution < 1.29 is 11.6 Å². The first-order valence-electron chi connectivity index (χ1n) is 11.0. The number of hydrogen-bond donors (Lipinski definition) is 2. The summed E-state index contributed by atoms with van der Waals surface area (Å²) in [7, 11) is 2.07. The molecule has 0 bridgehead atoms. The van der Waals surface area contributed by atoms with Crippen molar-refractivity contribution in [3.05, 3.63) is 105 Å². The minimum Gasteiger partial charge on any atom is -0.377 e. The van der Waals surface area contributed by atoms with Crippen molar-refractivity contribution in [1.82, 2.24) is 15.1 Å². The van der Waals surface area contributed by atoms with Gasteiger partial charge in [0.15, 0.2) is 0 Å². The first-order valence-corrected chi connectivity index (χ1v) is 11.0. The molecular formula is C26H28F2N4O. The highest BCUT2D eigenvalue weighted by Gasteiger charge is 2.35. The zero-order chi connectivity index (χ0) is 23.1. The van der Waals surface area contributed by atoms with E-state index in [1.54, 1.807) is 12.1 Å². The summed E-state index contributed by atoms with van der Waals surface area (Å²) >= 11 is 0. The fourth-order valence-corrected chi connectivity index (χ4v) is 4.59. The average molecular weight is 451 g/mol. The SMILES string of the molecule is CCN(C)Cc1ccc([C@@H]2c3n[nH]c(=O)c4cc(F)cc(c34)N[C@H]2c2ccc(F)cc2)cc1.[HH].[HH]. The van der Waals surface area contributed by atoms with Crippen LogP contribution in [0.25, 0.3) is 10.8 Å². The fraction of sp³-hybridized carbons (Fsp3) is 0.231. The number of aromatic amines is 1. The van der Waals surface area contributed by atoms with Crippen molar-refractivity contribution in [2.75, 3.05) is 18.9 Å². The normalized spacial score (nSPS) is 17.4.